The Morgan fingerprint density at radius 2 is 1.76 bits per heavy atom. The first-order chi connectivity index (χ1) is 8.08. The molecule has 0 aromatic carbocycles. The van der Waals surface area contributed by atoms with Crippen LogP contribution in [0.5, 0.6) is 0 Å². The van der Waals surface area contributed by atoms with Crippen LogP contribution in [0.2, 0.25) is 0 Å². The summed E-state index contributed by atoms with van der Waals surface area (Å²) in [6, 6.07) is 0. The lowest BCUT2D eigenvalue weighted by Gasteiger charge is -2.40. The molecule has 0 atom stereocenters. The van der Waals surface area contributed by atoms with E-state index >= 15 is 0 Å². The monoisotopic (exact) mass is 243 g/mol. The fourth-order valence-electron chi connectivity index (χ4n) is 2.59. The van der Waals surface area contributed by atoms with E-state index in [4.69, 9.17) is 4.74 Å². The molecule has 0 radical (unpaired) electrons. The van der Waals surface area contributed by atoms with Crippen LogP contribution in [-0.4, -0.2) is 77.4 Å². The van der Waals surface area contributed by atoms with E-state index in [1.54, 1.807) is 0 Å². The van der Waals surface area contributed by atoms with E-state index < -0.39 is 0 Å². The Labute approximate surface area is 106 Å². The number of hydrogen-bond donors (Lipinski definition) is 1. The van der Waals surface area contributed by atoms with Crippen molar-refractivity contribution in [2.45, 2.75) is 12.8 Å². The van der Waals surface area contributed by atoms with Gasteiger partial charge in [-0.05, 0) is 46.4 Å². The Kier molecular flexibility index (Phi) is 6.41. The molecule has 1 rings (SSSR count). The van der Waals surface area contributed by atoms with Gasteiger partial charge in [0.2, 0.25) is 0 Å². The molecule has 0 spiro atoms. The third-order valence-electron chi connectivity index (χ3n) is 3.64. The first kappa shape index (κ1) is 14.9. The zero-order chi connectivity index (χ0) is 12.7. The third kappa shape index (κ3) is 5.34. The van der Waals surface area contributed by atoms with Crippen molar-refractivity contribution in [1.82, 2.24) is 15.1 Å². The number of ether oxygens (including phenoxy) is 1. The second-order valence-electron chi connectivity index (χ2n) is 5.68. The average molecular weight is 243 g/mol. The van der Waals surface area contributed by atoms with Gasteiger partial charge in [-0.3, -0.25) is 0 Å². The maximum Gasteiger partial charge on any atom is 0.0472 e. The van der Waals surface area contributed by atoms with Gasteiger partial charge in [0.15, 0.2) is 0 Å². The maximum atomic E-state index is 5.50. The van der Waals surface area contributed by atoms with E-state index in [0.717, 1.165) is 32.8 Å². The molecule has 1 heterocycles. The summed E-state index contributed by atoms with van der Waals surface area (Å²) in [4.78, 5) is 4.70. The van der Waals surface area contributed by atoms with Crippen LogP contribution in [0.15, 0.2) is 0 Å². The van der Waals surface area contributed by atoms with E-state index in [2.05, 4.69) is 43.3 Å². The lowest BCUT2D eigenvalue weighted by atomic mass is 9.79. The maximum absolute atomic E-state index is 5.50. The Bertz CT molecular complexity index is 197. The summed E-state index contributed by atoms with van der Waals surface area (Å²) in [7, 11) is 8.55. The van der Waals surface area contributed by atoms with Crippen LogP contribution in [0.25, 0.3) is 0 Å². The van der Waals surface area contributed by atoms with Crippen molar-refractivity contribution in [1.29, 1.82) is 0 Å². The molecule has 1 saturated heterocycles. The quantitative estimate of drug-likeness (QED) is 0.704. The van der Waals surface area contributed by atoms with E-state index in [9.17, 15) is 0 Å². The number of likely N-dealkylation sites (N-methyl/N-ethyl adjacent to an activating group) is 2. The molecule has 1 aliphatic rings. The normalized spacial score (nSPS) is 20.1. The summed E-state index contributed by atoms with van der Waals surface area (Å²) in [5, 5.41) is 3.36. The second-order valence-corrected chi connectivity index (χ2v) is 5.68. The highest BCUT2D eigenvalue weighted by Crippen LogP contribution is 2.30. The van der Waals surface area contributed by atoms with Gasteiger partial charge in [0.1, 0.15) is 0 Å². The topological polar surface area (TPSA) is 27.7 Å². The lowest BCUT2D eigenvalue weighted by molar-refractivity contribution is -0.000237. The van der Waals surface area contributed by atoms with Crippen LogP contribution >= 0.6 is 0 Å². The van der Waals surface area contributed by atoms with E-state index in [-0.39, 0.29) is 0 Å². The molecule has 0 unspecified atom stereocenters. The molecule has 0 aliphatic carbocycles. The van der Waals surface area contributed by atoms with Crippen molar-refractivity contribution in [3.8, 4) is 0 Å². The molecule has 0 amide bonds. The van der Waals surface area contributed by atoms with Crippen molar-refractivity contribution in [3.05, 3.63) is 0 Å². The van der Waals surface area contributed by atoms with Gasteiger partial charge in [0.05, 0.1) is 0 Å². The fourth-order valence-corrected chi connectivity index (χ4v) is 2.59. The van der Waals surface area contributed by atoms with Gasteiger partial charge in [-0.15, -0.1) is 0 Å². The average Bonchev–Trinajstić information content (AvgIpc) is 2.28. The largest absolute Gasteiger partial charge is 0.381 e. The molecule has 0 saturated carbocycles. The Morgan fingerprint density at radius 3 is 2.29 bits per heavy atom. The zero-order valence-electron chi connectivity index (χ0n) is 12.0. The van der Waals surface area contributed by atoms with Crippen molar-refractivity contribution in [2.75, 3.05) is 67.6 Å². The SMILES string of the molecule is CNCC1(CN(C)CCN(C)C)CCOCC1. The molecule has 0 bridgehead atoms. The highest BCUT2D eigenvalue weighted by atomic mass is 16.5. The van der Waals surface area contributed by atoms with E-state index in [1.807, 2.05) is 0 Å². The van der Waals surface area contributed by atoms with Crippen molar-refractivity contribution < 1.29 is 4.74 Å². The van der Waals surface area contributed by atoms with Crippen molar-refractivity contribution in [3.63, 3.8) is 0 Å². The third-order valence-corrected chi connectivity index (χ3v) is 3.64. The fraction of sp³-hybridized carbons (Fsp3) is 1.00. The van der Waals surface area contributed by atoms with Gasteiger partial charge in [-0.2, -0.15) is 0 Å². The van der Waals surface area contributed by atoms with Crippen molar-refractivity contribution in [2.24, 2.45) is 5.41 Å². The first-order valence-corrected chi connectivity index (χ1v) is 6.64. The second kappa shape index (κ2) is 7.31. The highest BCUT2D eigenvalue weighted by molar-refractivity contribution is 4.86. The molecule has 1 N–H and O–H groups in total. The van der Waals surface area contributed by atoms with Gasteiger partial charge in [-0.25, -0.2) is 0 Å². The molecule has 102 valence electrons. The Morgan fingerprint density at radius 1 is 1.12 bits per heavy atom. The first-order valence-electron chi connectivity index (χ1n) is 6.64. The minimum absolute atomic E-state index is 0.411. The molecule has 4 nitrogen and oxygen atoms in total. The molecule has 0 aromatic heterocycles. The summed E-state index contributed by atoms with van der Waals surface area (Å²) < 4.78 is 5.50. The number of hydrogen-bond acceptors (Lipinski definition) is 4. The van der Waals surface area contributed by atoms with Crippen LogP contribution in [0, 0.1) is 5.41 Å². The van der Waals surface area contributed by atoms with Gasteiger partial charge in [0, 0.05) is 39.4 Å². The molecule has 1 aliphatic heterocycles. The van der Waals surface area contributed by atoms with Crippen LogP contribution < -0.4 is 5.32 Å². The highest BCUT2D eigenvalue weighted by Gasteiger charge is 2.32. The summed E-state index contributed by atoms with van der Waals surface area (Å²) in [5.41, 5.74) is 0.411. The molecule has 1 fully saturated rings. The molecule has 4 heteroatoms. The van der Waals surface area contributed by atoms with Crippen LogP contribution in [0.1, 0.15) is 12.8 Å². The van der Waals surface area contributed by atoms with Crippen LogP contribution in [-0.2, 0) is 4.74 Å². The summed E-state index contributed by atoms with van der Waals surface area (Å²) in [6.07, 6.45) is 2.36. The van der Waals surface area contributed by atoms with Gasteiger partial charge in [-0.1, -0.05) is 0 Å². The standard InChI is InChI=1S/C13H29N3O/c1-14-11-13(5-9-17-10-6-13)12-16(4)8-7-15(2)3/h14H,5-12H2,1-4H3. The smallest absolute Gasteiger partial charge is 0.0472 e. The van der Waals surface area contributed by atoms with Gasteiger partial charge < -0.3 is 19.9 Å². The van der Waals surface area contributed by atoms with Crippen molar-refractivity contribution >= 4 is 0 Å². The predicted octanol–water partition coefficient (Wildman–Crippen LogP) is 0.496. The summed E-state index contributed by atoms with van der Waals surface area (Å²) >= 11 is 0. The number of rotatable bonds is 7. The molecular formula is C13H29N3O. The predicted molar refractivity (Wildman–Crippen MR) is 72.5 cm³/mol. The Balaban J connectivity index is 2.42. The van der Waals surface area contributed by atoms with Crippen LogP contribution in [0.3, 0.4) is 0 Å². The molecular weight excluding hydrogens is 214 g/mol. The molecule has 0 aromatic rings. The van der Waals surface area contributed by atoms with Gasteiger partial charge >= 0.3 is 0 Å². The Hall–Kier alpha value is -0.160. The minimum Gasteiger partial charge on any atom is -0.381 e. The molecule has 17 heavy (non-hydrogen) atoms. The van der Waals surface area contributed by atoms with Crippen LogP contribution in [0.4, 0.5) is 0 Å². The van der Waals surface area contributed by atoms with E-state index in [1.165, 1.54) is 19.4 Å². The number of nitrogens with one attached hydrogen (secondary N) is 1. The summed E-state index contributed by atoms with van der Waals surface area (Å²) in [6.45, 7) is 6.38. The van der Waals surface area contributed by atoms with E-state index in [0.29, 0.717) is 5.41 Å². The summed E-state index contributed by atoms with van der Waals surface area (Å²) in [5.74, 6) is 0. The zero-order valence-corrected chi connectivity index (χ0v) is 12.0. The van der Waals surface area contributed by atoms with Gasteiger partial charge in [0.25, 0.3) is 0 Å². The minimum atomic E-state index is 0.411. The number of nitrogens with zero attached hydrogens (tertiary/aromatic N) is 2. The lowest BCUT2D eigenvalue weighted by Crippen LogP contribution is -2.46.